The number of carboxylic acids is 1. The second-order valence-electron chi connectivity index (χ2n) is 4.11. The molecule has 0 fully saturated rings. The summed E-state index contributed by atoms with van der Waals surface area (Å²) in [6.07, 6.45) is 0. The largest absolute Gasteiger partial charge is 0.477 e. The van der Waals surface area contributed by atoms with Crippen LogP contribution in [0, 0.1) is 0 Å². The van der Waals surface area contributed by atoms with Gasteiger partial charge in [0.1, 0.15) is 15.4 Å². The number of hydrogen-bond acceptors (Lipinski definition) is 3. The molecule has 0 spiro atoms. The summed E-state index contributed by atoms with van der Waals surface area (Å²) in [6.45, 7) is 0. The molecule has 19 heavy (non-hydrogen) atoms. The van der Waals surface area contributed by atoms with E-state index in [2.05, 4.69) is 5.10 Å². The Balaban J connectivity index is 2.23. The van der Waals surface area contributed by atoms with Crippen LogP contribution in [0.1, 0.15) is 9.67 Å². The number of carboxylic acid groups (broad SMARTS) is 1. The summed E-state index contributed by atoms with van der Waals surface area (Å²) >= 11 is 7.09. The molecule has 0 aliphatic rings. The van der Waals surface area contributed by atoms with E-state index in [-0.39, 0.29) is 0 Å². The highest BCUT2D eigenvalue weighted by Crippen LogP contribution is 2.33. The number of halogens is 1. The van der Waals surface area contributed by atoms with Gasteiger partial charge in [0.2, 0.25) is 0 Å². The molecule has 3 rings (SSSR count). The highest BCUT2D eigenvalue weighted by Gasteiger charge is 2.17. The lowest BCUT2D eigenvalue weighted by Crippen LogP contribution is -1.92. The Hall–Kier alpha value is -1.85. The fourth-order valence-corrected chi connectivity index (χ4v) is 3.00. The molecule has 0 amide bonds. The molecule has 4 nitrogen and oxygen atoms in total. The molecular formula is C13H9ClN2O2S. The lowest BCUT2D eigenvalue weighted by atomic mass is 10.1. The van der Waals surface area contributed by atoms with Crippen molar-refractivity contribution < 1.29 is 9.90 Å². The maximum atomic E-state index is 11.0. The van der Waals surface area contributed by atoms with Crippen molar-refractivity contribution in [2.24, 2.45) is 7.05 Å². The minimum Gasteiger partial charge on any atom is -0.477 e. The van der Waals surface area contributed by atoms with Crippen LogP contribution in [0.4, 0.5) is 0 Å². The number of fused-ring (bicyclic) bond motifs is 1. The minimum absolute atomic E-state index is 0.318. The molecule has 1 aromatic carbocycles. The van der Waals surface area contributed by atoms with Crippen molar-refractivity contribution in [3.63, 3.8) is 0 Å². The normalized spacial score (nSPS) is 11.1. The zero-order chi connectivity index (χ0) is 13.6. The van der Waals surface area contributed by atoms with Gasteiger partial charge in [-0.15, -0.1) is 11.3 Å². The topological polar surface area (TPSA) is 55.1 Å². The minimum atomic E-state index is -0.914. The molecule has 3 aromatic rings. The lowest BCUT2D eigenvalue weighted by Gasteiger charge is -1.97. The highest BCUT2D eigenvalue weighted by atomic mass is 35.5. The van der Waals surface area contributed by atoms with Crippen molar-refractivity contribution in [2.75, 3.05) is 0 Å². The zero-order valence-corrected chi connectivity index (χ0v) is 11.5. The lowest BCUT2D eigenvalue weighted by molar-refractivity contribution is 0.0702. The fourth-order valence-electron chi connectivity index (χ4n) is 1.97. The first kappa shape index (κ1) is 12.2. The first-order valence-electron chi connectivity index (χ1n) is 5.52. The second-order valence-corrected chi connectivity index (χ2v) is 5.58. The van der Waals surface area contributed by atoms with E-state index in [4.69, 9.17) is 16.7 Å². The molecular weight excluding hydrogens is 284 g/mol. The molecule has 2 heterocycles. The number of thiophene rings is 1. The predicted molar refractivity (Wildman–Crippen MR) is 76.0 cm³/mol. The fraction of sp³-hybridized carbons (Fsp3) is 0.0769. The number of aromatic nitrogens is 2. The Morgan fingerprint density at radius 3 is 2.68 bits per heavy atom. The van der Waals surface area contributed by atoms with Crippen LogP contribution in [-0.4, -0.2) is 20.9 Å². The maximum absolute atomic E-state index is 11.0. The molecule has 2 aromatic heterocycles. The Kier molecular flexibility index (Phi) is 2.80. The van der Waals surface area contributed by atoms with E-state index in [9.17, 15) is 4.79 Å². The van der Waals surface area contributed by atoms with Crippen LogP contribution in [0.2, 0.25) is 5.02 Å². The Morgan fingerprint density at radius 1 is 1.37 bits per heavy atom. The van der Waals surface area contributed by atoms with Crippen molar-refractivity contribution in [3.8, 4) is 11.3 Å². The zero-order valence-electron chi connectivity index (χ0n) is 9.92. The number of hydrogen-bond donors (Lipinski definition) is 1. The quantitative estimate of drug-likeness (QED) is 0.784. The van der Waals surface area contributed by atoms with Gasteiger partial charge in [-0.2, -0.15) is 5.10 Å². The van der Waals surface area contributed by atoms with Gasteiger partial charge in [-0.05, 0) is 18.2 Å². The summed E-state index contributed by atoms with van der Waals surface area (Å²) < 4.78 is 1.70. The molecule has 0 bridgehead atoms. The smallest absolute Gasteiger partial charge is 0.345 e. The Morgan fingerprint density at radius 2 is 2.05 bits per heavy atom. The van der Waals surface area contributed by atoms with Crippen LogP contribution >= 0.6 is 22.9 Å². The summed E-state index contributed by atoms with van der Waals surface area (Å²) in [6, 6.07) is 9.01. The van der Waals surface area contributed by atoms with Gasteiger partial charge in [-0.3, -0.25) is 4.68 Å². The standard InChI is InChI=1S/C13H9ClN2O2S/c1-16-12-9(6-10(19-12)13(17)18)11(15-16)7-2-4-8(14)5-3-7/h2-6H,1H3,(H,17,18). The van der Waals surface area contributed by atoms with E-state index in [1.54, 1.807) is 22.9 Å². The van der Waals surface area contributed by atoms with Crippen molar-refractivity contribution in [1.82, 2.24) is 9.78 Å². The molecule has 0 saturated heterocycles. The summed E-state index contributed by atoms with van der Waals surface area (Å²) in [7, 11) is 1.81. The van der Waals surface area contributed by atoms with E-state index in [1.807, 2.05) is 19.2 Å². The van der Waals surface area contributed by atoms with Crippen LogP contribution < -0.4 is 0 Å². The molecule has 0 radical (unpaired) electrons. The van der Waals surface area contributed by atoms with E-state index in [0.29, 0.717) is 9.90 Å². The third-order valence-electron chi connectivity index (χ3n) is 2.84. The Labute approximate surface area is 117 Å². The van der Waals surface area contributed by atoms with Crippen LogP contribution in [0.3, 0.4) is 0 Å². The summed E-state index contributed by atoms with van der Waals surface area (Å²) in [5.41, 5.74) is 1.70. The van der Waals surface area contributed by atoms with Gasteiger partial charge in [0.25, 0.3) is 0 Å². The SMILES string of the molecule is Cn1nc(-c2ccc(Cl)cc2)c2cc(C(=O)O)sc21. The van der Waals surface area contributed by atoms with Crippen molar-refractivity contribution >= 4 is 39.1 Å². The molecule has 0 atom stereocenters. The van der Waals surface area contributed by atoms with Gasteiger partial charge in [0.15, 0.2) is 0 Å². The van der Waals surface area contributed by atoms with Gasteiger partial charge in [0, 0.05) is 23.0 Å². The molecule has 1 N–H and O–H groups in total. The van der Waals surface area contributed by atoms with Gasteiger partial charge < -0.3 is 5.11 Å². The van der Waals surface area contributed by atoms with E-state index < -0.39 is 5.97 Å². The summed E-state index contributed by atoms with van der Waals surface area (Å²) in [4.78, 5) is 12.2. The molecule has 0 aliphatic heterocycles. The number of benzene rings is 1. The van der Waals surface area contributed by atoms with E-state index in [0.717, 1.165) is 21.5 Å². The average Bonchev–Trinajstić information content (AvgIpc) is 2.92. The maximum Gasteiger partial charge on any atom is 0.345 e. The molecule has 96 valence electrons. The monoisotopic (exact) mass is 292 g/mol. The highest BCUT2D eigenvalue weighted by molar-refractivity contribution is 7.20. The first-order valence-corrected chi connectivity index (χ1v) is 6.71. The van der Waals surface area contributed by atoms with E-state index in [1.165, 1.54) is 11.3 Å². The third-order valence-corrected chi connectivity index (χ3v) is 4.28. The van der Waals surface area contributed by atoms with Crippen LogP contribution in [0.25, 0.3) is 21.5 Å². The third kappa shape index (κ3) is 2.01. The predicted octanol–water partition coefficient (Wildman–Crippen LogP) is 3.65. The van der Waals surface area contributed by atoms with Gasteiger partial charge in [0.05, 0.1) is 0 Å². The summed E-state index contributed by atoms with van der Waals surface area (Å²) in [5.74, 6) is -0.914. The average molecular weight is 293 g/mol. The molecule has 0 unspecified atom stereocenters. The van der Waals surface area contributed by atoms with Crippen LogP contribution in [0.15, 0.2) is 30.3 Å². The molecule has 6 heteroatoms. The van der Waals surface area contributed by atoms with Gasteiger partial charge in [-0.1, -0.05) is 23.7 Å². The second kappa shape index (κ2) is 4.36. The van der Waals surface area contributed by atoms with Crippen LogP contribution in [0.5, 0.6) is 0 Å². The molecule has 0 aliphatic carbocycles. The number of aromatic carboxylic acids is 1. The van der Waals surface area contributed by atoms with Crippen molar-refractivity contribution in [3.05, 3.63) is 40.2 Å². The van der Waals surface area contributed by atoms with Crippen molar-refractivity contribution in [1.29, 1.82) is 0 Å². The van der Waals surface area contributed by atoms with Gasteiger partial charge >= 0.3 is 5.97 Å². The molecule has 0 saturated carbocycles. The van der Waals surface area contributed by atoms with Gasteiger partial charge in [-0.25, -0.2) is 4.79 Å². The number of rotatable bonds is 2. The number of nitrogens with zero attached hydrogens (tertiary/aromatic N) is 2. The van der Waals surface area contributed by atoms with E-state index >= 15 is 0 Å². The van der Waals surface area contributed by atoms with Crippen molar-refractivity contribution in [2.45, 2.75) is 0 Å². The summed E-state index contributed by atoms with van der Waals surface area (Å²) in [5, 5.41) is 15.0. The first-order chi connectivity index (χ1) is 9.06. The Bertz CT molecular complexity index is 774. The van der Waals surface area contributed by atoms with Crippen LogP contribution in [-0.2, 0) is 7.05 Å². The number of carbonyl (C=O) groups is 1. The number of aryl methyl sites for hydroxylation is 1.